The Kier molecular flexibility index (Phi) is 6.92. The van der Waals surface area contributed by atoms with Crippen LogP contribution in [0.1, 0.15) is 41.8 Å². The summed E-state index contributed by atoms with van der Waals surface area (Å²) in [5, 5.41) is 12.8. The Morgan fingerprint density at radius 1 is 1.09 bits per heavy atom. The number of amides is 1. The summed E-state index contributed by atoms with van der Waals surface area (Å²) in [5.41, 5.74) is 0.120. The molecule has 34 heavy (non-hydrogen) atoms. The van der Waals surface area contributed by atoms with Gasteiger partial charge in [0.2, 0.25) is 5.91 Å². The molecule has 184 valence electrons. The molecule has 7 nitrogen and oxygen atoms in total. The summed E-state index contributed by atoms with van der Waals surface area (Å²) in [6.07, 6.45) is -3.03. The van der Waals surface area contributed by atoms with Crippen LogP contribution >= 0.6 is 0 Å². The number of likely N-dealkylation sites (tertiary alicyclic amines) is 1. The van der Waals surface area contributed by atoms with Gasteiger partial charge in [-0.25, -0.2) is 4.39 Å². The van der Waals surface area contributed by atoms with E-state index in [1.165, 1.54) is 28.9 Å². The number of carboxylic acids is 1. The Hall–Kier alpha value is -2.95. The summed E-state index contributed by atoms with van der Waals surface area (Å²) in [6, 6.07) is 5.48. The molecular weight excluding hydrogens is 456 g/mol. The largest absolute Gasteiger partial charge is 0.481 e. The number of carbonyl (C=O) groups is 2. The highest BCUT2D eigenvalue weighted by Crippen LogP contribution is 2.35. The van der Waals surface area contributed by atoms with Crippen molar-refractivity contribution in [2.24, 2.45) is 5.92 Å². The van der Waals surface area contributed by atoms with Crippen molar-refractivity contribution in [1.29, 1.82) is 0 Å². The van der Waals surface area contributed by atoms with E-state index in [1.54, 1.807) is 4.90 Å². The summed E-state index contributed by atoms with van der Waals surface area (Å²) < 4.78 is 55.3. The lowest BCUT2D eigenvalue weighted by Gasteiger charge is -2.34. The van der Waals surface area contributed by atoms with Crippen molar-refractivity contribution < 1.29 is 32.3 Å². The number of hydrogen-bond donors (Lipinski definition) is 1. The summed E-state index contributed by atoms with van der Waals surface area (Å²) in [5.74, 6) is -1.34. The lowest BCUT2D eigenvalue weighted by Crippen LogP contribution is -2.45. The fraction of sp³-hybridized carbons (Fsp3) is 0.522. The van der Waals surface area contributed by atoms with Gasteiger partial charge in [0.15, 0.2) is 5.69 Å². The van der Waals surface area contributed by atoms with Crippen molar-refractivity contribution in [3.05, 3.63) is 52.6 Å². The quantitative estimate of drug-likeness (QED) is 0.640. The average molecular weight is 482 g/mol. The van der Waals surface area contributed by atoms with E-state index in [0.29, 0.717) is 37.2 Å². The molecule has 2 aliphatic rings. The number of aliphatic carboxylic acids is 1. The van der Waals surface area contributed by atoms with Crippen molar-refractivity contribution in [1.82, 2.24) is 19.6 Å². The third-order valence-corrected chi connectivity index (χ3v) is 6.53. The van der Waals surface area contributed by atoms with Crippen LogP contribution in [0.25, 0.3) is 0 Å². The predicted octanol–water partition coefficient (Wildman–Crippen LogP) is 3.16. The van der Waals surface area contributed by atoms with Gasteiger partial charge in [-0.1, -0.05) is 12.1 Å². The number of carbonyl (C=O) groups excluding carboxylic acids is 1. The SMILES string of the molecule is O=C(O)CC1CCN(CC(=O)N2CCc3c(C(F)(F)F)nn(Cc4ccc(F)cc4)c3C2)CC1. The molecule has 0 saturated carbocycles. The van der Waals surface area contributed by atoms with Crippen molar-refractivity contribution in [2.75, 3.05) is 26.2 Å². The van der Waals surface area contributed by atoms with Crippen molar-refractivity contribution in [2.45, 2.75) is 44.9 Å². The number of carboxylic acid groups (broad SMARTS) is 1. The van der Waals surface area contributed by atoms with E-state index < -0.39 is 23.7 Å². The fourth-order valence-electron chi connectivity index (χ4n) is 4.70. The minimum atomic E-state index is -4.61. The van der Waals surface area contributed by atoms with E-state index in [-0.39, 0.29) is 56.4 Å². The third kappa shape index (κ3) is 5.57. The molecule has 1 aromatic heterocycles. The molecule has 2 aliphatic heterocycles. The molecule has 1 amide bonds. The number of rotatable bonds is 6. The summed E-state index contributed by atoms with van der Waals surface area (Å²) in [4.78, 5) is 27.3. The number of fused-ring (bicyclic) bond motifs is 1. The topological polar surface area (TPSA) is 78.7 Å². The summed E-state index contributed by atoms with van der Waals surface area (Å²) in [6.45, 7) is 1.61. The van der Waals surface area contributed by atoms with E-state index in [2.05, 4.69) is 5.10 Å². The fourth-order valence-corrected chi connectivity index (χ4v) is 4.70. The zero-order valence-corrected chi connectivity index (χ0v) is 18.5. The second-order valence-corrected chi connectivity index (χ2v) is 8.94. The standard InChI is InChI=1S/C23H26F4N4O3/c24-17-3-1-16(2-4-17)12-31-19-13-30(10-7-18(19)22(28-31)23(25,26)27)20(32)14-29-8-5-15(6-9-29)11-21(33)34/h1-4,15H,5-14H2,(H,33,34). The number of hydrogen-bond acceptors (Lipinski definition) is 4. The molecule has 0 radical (unpaired) electrons. The van der Waals surface area contributed by atoms with Gasteiger partial charge in [-0.15, -0.1) is 0 Å². The predicted molar refractivity (Wildman–Crippen MR) is 113 cm³/mol. The molecule has 11 heteroatoms. The number of piperidine rings is 1. The van der Waals surface area contributed by atoms with Crippen molar-refractivity contribution >= 4 is 11.9 Å². The molecule has 1 fully saturated rings. The van der Waals surface area contributed by atoms with Crippen LogP contribution in [0.3, 0.4) is 0 Å². The lowest BCUT2D eigenvalue weighted by molar-refractivity contribution is -0.142. The molecule has 1 aromatic carbocycles. The Morgan fingerprint density at radius 3 is 2.38 bits per heavy atom. The van der Waals surface area contributed by atoms with Crippen LogP contribution in [0.15, 0.2) is 24.3 Å². The highest BCUT2D eigenvalue weighted by Gasteiger charge is 2.41. The Bertz CT molecular complexity index is 1040. The smallest absolute Gasteiger partial charge is 0.435 e. The number of halogens is 4. The van der Waals surface area contributed by atoms with Gasteiger partial charge in [-0.3, -0.25) is 19.2 Å². The molecule has 0 unspecified atom stereocenters. The van der Waals surface area contributed by atoms with Crippen LogP contribution in [-0.4, -0.2) is 62.7 Å². The van der Waals surface area contributed by atoms with Gasteiger partial charge in [0.25, 0.3) is 0 Å². The molecule has 0 bridgehead atoms. The third-order valence-electron chi connectivity index (χ3n) is 6.53. The van der Waals surface area contributed by atoms with E-state index >= 15 is 0 Å². The first-order chi connectivity index (χ1) is 16.1. The van der Waals surface area contributed by atoms with Crippen LogP contribution in [0.4, 0.5) is 17.6 Å². The first kappa shape index (κ1) is 24.2. The van der Waals surface area contributed by atoms with Gasteiger partial charge >= 0.3 is 12.1 Å². The second kappa shape index (κ2) is 9.73. The van der Waals surface area contributed by atoms with Crippen molar-refractivity contribution in [3.8, 4) is 0 Å². The molecule has 0 atom stereocenters. The normalized spacial score (nSPS) is 17.6. The average Bonchev–Trinajstić information content (AvgIpc) is 3.14. The summed E-state index contributed by atoms with van der Waals surface area (Å²) in [7, 11) is 0. The zero-order chi connectivity index (χ0) is 24.5. The number of alkyl halides is 3. The molecule has 1 N–H and O–H groups in total. The number of aromatic nitrogens is 2. The molecule has 0 spiro atoms. The minimum absolute atomic E-state index is 0.0217. The monoisotopic (exact) mass is 482 g/mol. The van der Waals surface area contributed by atoms with Gasteiger partial charge in [0.05, 0.1) is 25.3 Å². The number of benzene rings is 1. The van der Waals surface area contributed by atoms with E-state index in [0.717, 1.165) is 0 Å². The van der Waals surface area contributed by atoms with Crippen LogP contribution in [0.5, 0.6) is 0 Å². The first-order valence-corrected chi connectivity index (χ1v) is 11.2. The van der Waals surface area contributed by atoms with Crippen LogP contribution in [0.2, 0.25) is 0 Å². The molecule has 0 aliphatic carbocycles. The van der Waals surface area contributed by atoms with E-state index in [4.69, 9.17) is 5.11 Å². The lowest BCUT2D eigenvalue weighted by atomic mass is 9.93. The first-order valence-electron chi connectivity index (χ1n) is 11.2. The molecule has 2 aromatic rings. The van der Waals surface area contributed by atoms with E-state index in [9.17, 15) is 27.2 Å². The molecule has 3 heterocycles. The minimum Gasteiger partial charge on any atom is -0.481 e. The maximum atomic E-state index is 13.6. The van der Waals surface area contributed by atoms with Gasteiger partial charge in [-0.2, -0.15) is 18.3 Å². The summed E-state index contributed by atoms with van der Waals surface area (Å²) >= 11 is 0. The van der Waals surface area contributed by atoms with Crippen molar-refractivity contribution in [3.63, 3.8) is 0 Å². The second-order valence-electron chi connectivity index (χ2n) is 8.94. The molecular formula is C23H26F4N4O3. The van der Waals surface area contributed by atoms with E-state index in [1.807, 2.05) is 4.90 Å². The highest BCUT2D eigenvalue weighted by molar-refractivity contribution is 5.78. The van der Waals surface area contributed by atoms with Gasteiger partial charge < -0.3 is 10.0 Å². The number of nitrogens with zero attached hydrogens (tertiary/aromatic N) is 4. The van der Waals surface area contributed by atoms with Gasteiger partial charge in [-0.05, 0) is 56.0 Å². The van der Waals surface area contributed by atoms with Crippen LogP contribution < -0.4 is 0 Å². The highest BCUT2D eigenvalue weighted by atomic mass is 19.4. The Morgan fingerprint density at radius 2 is 1.76 bits per heavy atom. The van der Waals surface area contributed by atoms with Gasteiger partial charge in [0.1, 0.15) is 5.82 Å². The van der Waals surface area contributed by atoms with Crippen LogP contribution in [-0.2, 0) is 35.3 Å². The molecule has 4 rings (SSSR count). The van der Waals surface area contributed by atoms with Crippen LogP contribution in [0, 0.1) is 11.7 Å². The Labute approximate surface area is 193 Å². The van der Waals surface area contributed by atoms with Gasteiger partial charge in [0, 0.05) is 18.5 Å². The maximum absolute atomic E-state index is 13.6. The Balaban J connectivity index is 1.46. The maximum Gasteiger partial charge on any atom is 0.435 e. The molecule has 1 saturated heterocycles. The zero-order valence-electron chi connectivity index (χ0n) is 18.5.